The highest BCUT2D eigenvalue weighted by molar-refractivity contribution is 5.81. The second-order valence-corrected chi connectivity index (χ2v) is 4.96. The van der Waals surface area contributed by atoms with Gasteiger partial charge in [0.2, 0.25) is 5.91 Å². The van der Waals surface area contributed by atoms with Crippen molar-refractivity contribution in [3.8, 4) is 0 Å². The normalized spacial score (nSPS) is 18.5. The number of benzene rings is 1. The Morgan fingerprint density at radius 3 is 2.95 bits per heavy atom. The van der Waals surface area contributed by atoms with Crippen molar-refractivity contribution in [2.75, 3.05) is 19.0 Å². The Labute approximate surface area is 122 Å². The topological polar surface area (TPSA) is 114 Å². The fourth-order valence-electron chi connectivity index (χ4n) is 2.73. The van der Waals surface area contributed by atoms with Gasteiger partial charge in [-0.15, -0.1) is 0 Å². The highest BCUT2D eigenvalue weighted by atomic mass is 16.6. The minimum Gasteiger partial charge on any atom is -0.358 e. The standard InChI is InChI=1S/C13H19N5O3/c1-15-13(19)11-6-3-7-17(11)8-9-4-2-5-10(18(20)21)12(9)16-14/h2,4-5,11,16H,3,6-8,14H2,1H3,(H,15,19). The Bertz CT molecular complexity index is 549. The molecular formula is C13H19N5O3. The average Bonchev–Trinajstić information content (AvgIpc) is 2.94. The van der Waals surface area contributed by atoms with E-state index in [0.29, 0.717) is 17.8 Å². The molecule has 0 spiro atoms. The lowest BCUT2D eigenvalue weighted by Gasteiger charge is -2.24. The summed E-state index contributed by atoms with van der Waals surface area (Å²) >= 11 is 0. The molecule has 0 aliphatic carbocycles. The number of carbonyl (C=O) groups is 1. The number of nitrogen functional groups attached to an aromatic ring is 1. The van der Waals surface area contributed by atoms with E-state index in [-0.39, 0.29) is 17.6 Å². The zero-order chi connectivity index (χ0) is 15.4. The van der Waals surface area contributed by atoms with E-state index in [1.54, 1.807) is 19.2 Å². The molecular weight excluding hydrogens is 274 g/mol. The number of amides is 1. The fraction of sp³-hybridized carbons (Fsp3) is 0.462. The molecule has 1 atom stereocenters. The lowest BCUT2D eigenvalue weighted by Crippen LogP contribution is -2.41. The van der Waals surface area contributed by atoms with E-state index in [0.717, 1.165) is 19.4 Å². The smallest absolute Gasteiger partial charge is 0.293 e. The van der Waals surface area contributed by atoms with E-state index in [9.17, 15) is 14.9 Å². The molecule has 1 amide bonds. The second-order valence-electron chi connectivity index (χ2n) is 4.96. The Balaban J connectivity index is 2.25. The van der Waals surface area contributed by atoms with Gasteiger partial charge in [-0.05, 0) is 24.9 Å². The first-order chi connectivity index (χ1) is 10.1. The molecule has 1 heterocycles. The van der Waals surface area contributed by atoms with Crippen LogP contribution in [0.4, 0.5) is 11.4 Å². The number of nitrogens with zero attached hydrogens (tertiary/aromatic N) is 2. The Morgan fingerprint density at radius 1 is 1.57 bits per heavy atom. The van der Waals surface area contributed by atoms with E-state index in [1.165, 1.54) is 6.07 Å². The maximum absolute atomic E-state index is 11.8. The number of nitro groups is 1. The summed E-state index contributed by atoms with van der Waals surface area (Å²) in [5.41, 5.74) is 3.35. The molecule has 114 valence electrons. The van der Waals surface area contributed by atoms with Gasteiger partial charge in [0.05, 0.1) is 11.0 Å². The third-order valence-corrected chi connectivity index (χ3v) is 3.76. The summed E-state index contributed by atoms with van der Waals surface area (Å²) in [6, 6.07) is 4.61. The molecule has 2 rings (SSSR count). The molecule has 1 fully saturated rings. The maximum Gasteiger partial charge on any atom is 0.293 e. The van der Waals surface area contributed by atoms with Crippen molar-refractivity contribution in [1.82, 2.24) is 10.2 Å². The van der Waals surface area contributed by atoms with Crippen LogP contribution in [0, 0.1) is 10.1 Å². The zero-order valence-electron chi connectivity index (χ0n) is 11.8. The first-order valence-corrected chi connectivity index (χ1v) is 6.77. The van der Waals surface area contributed by atoms with Crippen LogP contribution in [0.25, 0.3) is 0 Å². The van der Waals surface area contributed by atoms with Crippen LogP contribution in [0.2, 0.25) is 0 Å². The molecule has 0 radical (unpaired) electrons. The minimum absolute atomic E-state index is 0.0276. The van der Waals surface area contributed by atoms with Crippen molar-refractivity contribution in [1.29, 1.82) is 0 Å². The highest BCUT2D eigenvalue weighted by Crippen LogP contribution is 2.30. The molecule has 1 aliphatic heterocycles. The van der Waals surface area contributed by atoms with Gasteiger partial charge in [-0.2, -0.15) is 0 Å². The van der Waals surface area contributed by atoms with Crippen LogP contribution in [-0.4, -0.2) is 35.4 Å². The molecule has 1 aliphatic rings. The number of para-hydroxylation sites is 1. The quantitative estimate of drug-likeness (QED) is 0.416. The molecule has 1 aromatic rings. The number of nitro benzene ring substituents is 1. The summed E-state index contributed by atoms with van der Waals surface area (Å²) in [4.78, 5) is 24.4. The second kappa shape index (κ2) is 6.51. The largest absolute Gasteiger partial charge is 0.358 e. The molecule has 8 nitrogen and oxygen atoms in total. The van der Waals surface area contributed by atoms with Crippen molar-refractivity contribution in [2.24, 2.45) is 5.84 Å². The molecule has 1 saturated heterocycles. The molecule has 0 bridgehead atoms. The molecule has 21 heavy (non-hydrogen) atoms. The molecule has 0 saturated carbocycles. The molecule has 1 aromatic carbocycles. The lowest BCUT2D eigenvalue weighted by atomic mass is 10.1. The number of hydrogen-bond donors (Lipinski definition) is 3. The van der Waals surface area contributed by atoms with Gasteiger partial charge in [-0.3, -0.25) is 25.7 Å². The van der Waals surface area contributed by atoms with Crippen LogP contribution in [0.1, 0.15) is 18.4 Å². The van der Waals surface area contributed by atoms with Gasteiger partial charge in [-0.1, -0.05) is 12.1 Å². The number of nitrogens with two attached hydrogens (primary N) is 1. The summed E-state index contributed by atoms with van der Waals surface area (Å²) in [5, 5.41) is 13.7. The van der Waals surface area contributed by atoms with E-state index in [4.69, 9.17) is 5.84 Å². The van der Waals surface area contributed by atoms with Gasteiger partial charge >= 0.3 is 0 Å². The predicted molar refractivity (Wildman–Crippen MR) is 78.4 cm³/mol. The lowest BCUT2D eigenvalue weighted by molar-refractivity contribution is -0.384. The van der Waals surface area contributed by atoms with Gasteiger partial charge < -0.3 is 10.7 Å². The first-order valence-electron chi connectivity index (χ1n) is 6.77. The van der Waals surface area contributed by atoms with Crippen molar-refractivity contribution in [2.45, 2.75) is 25.4 Å². The Kier molecular flexibility index (Phi) is 4.71. The van der Waals surface area contributed by atoms with Crippen LogP contribution in [-0.2, 0) is 11.3 Å². The van der Waals surface area contributed by atoms with Crippen LogP contribution in [0.15, 0.2) is 18.2 Å². The molecule has 4 N–H and O–H groups in total. The summed E-state index contributed by atoms with van der Waals surface area (Å²) in [7, 11) is 1.61. The van der Waals surface area contributed by atoms with Crippen LogP contribution in [0.5, 0.6) is 0 Å². The summed E-state index contributed by atoms with van der Waals surface area (Å²) < 4.78 is 0. The molecule has 0 aromatic heterocycles. The minimum atomic E-state index is -0.473. The van der Waals surface area contributed by atoms with E-state index in [2.05, 4.69) is 10.7 Å². The van der Waals surface area contributed by atoms with Crippen LogP contribution in [0.3, 0.4) is 0 Å². The number of likely N-dealkylation sites (tertiary alicyclic amines) is 1. The van der Waals surface area contributed by atoms with Gasteiger partial charge in [0.1, 0.15) is 5.69 Å². The van der Waals surface area contributed by atoms with E-state index in [1.807, 2.05) is 4.90 Å². The zero-order valence-corrected chi connectivity index (χ0v) is 11.8. The van der Waals surface area contributed by atoms with Gasteiger partial charge in [-0.25, -0.2) is 0 Å². The first kappa shape index (κ1) is 15.2. The van der Waals surface area contributed by atoms with Crippen LogP contribution < -0.4 is 16.6 Å². The summed E-state index contributed by atoms with van der Waals surface area (Å²) in [5.74, 6) is 5.40. The number of likely N-dealkylation sites (N-methyl/N-ethyl adjacent to an activating group) is 1. The fourth-order valence-corrected chi connectivity index (χ4v) is 2.73. The summed E-state index contributed by atoms with van der Waals surface area (Å²) in [6.45, 7) is 1.23. The van der Waals surface area contributed by atoms with Crippen molar-refractivity contribution in [3.63, 3.8) is 0 Å². The van der Waals surface area contributed by atoms with Gasteiger partial charge in [0, 0.05) is 19.7 Å². The third kappa shape index (κ3) is 3.11. The number of anilines is 1. The predicted octanol–water partition coefficient (Wildman–Crippen LogP) is 0.591. The number of hydrogen-bond acceptors (Lipinski definition) is 6. The van der Waals surface area contributed by atoms with Gasteiger partial charge in [0.15, 0.2) is 0 Å². The third-order valence-electron chi connectivity index (χ3n) is 3.76. The molecule has 8 heteroatoms. The van der Waals surface area contributed by atoms with Gasteiger partial charge in [0.25, 0.3) is 5.69 Å². The maximum atomic E-state index is 11.8. The van der Waals surface area contributed by atoms with Crippen molar-refractivity contribution < 1.29 is 9.72 Å². The number of hydrazine groups is 1. The number of nitrogens with one attached hydrogen (secondary N) is 2. The monoisotopic (exact) mass is 293 g/mol. The summed E-state index contributed by atoms with van der Waals surface area (Å²) in [6.07, 6.45) is 1.72. The Morgan fingerprint density at radius 2 is 2.33 bits per heavy atom. The number of rotatable bonds is 5. The van der Waals surface area contributed by atoms with Crippen molar-refractivity contribution in [3.05, 3.63) is 33.9 Å². The highest BCUT2D eigenvalue weighted by Gasteiger charge is 2.31. The molecule has 1 unspecified atom stereocenters. The SMILES string of the molecule is CNC(=O)C1CCCN1Cc1cccc([N+](=O)[O-])c1NN. The Hall–Kier alpha value is -2.19. The van der Waals surface area contributed by atoms with E-state index < -0.39 is 4.92 Å². The van der Waals surface area contributed by atoms with E-state index >= 15 is 0 Å². The number of carbonyl (C=O) groups excluding carboxylic acids is 1. The van der Waals surface area contributed by atoms with Crippen LogP contribution >= 0.6 is 0 Å². The average molecular weight is 293 g/mol. The van der Waals surface area contributed by atoms with Crippen molar-refractivity contribution >= 4 is 17.3 Å².